The van der Waals surface area contributed by atoms with Crippen molar-refractivity contribution in [3.63, 3.8) is 0 Å². The highest BCUT2D eigenvalue weighted by atomic mass is 32.2. The molecule has 0 aliphatic heterocycles. The highest BCUT2D eigenvalue weighted by molar-refractivity contribution is 7.98. The average Bonchev–Trinajstić information content (AvgIpc) is 3.42. The molecule has 0 aliphatic rings. The van der Waals surface area contributed by atoms with Crippen molar-refractivity contribution < 1.29 is 4.42 Å². The van der Waals surface area contributed by atoms with Crippen molar-refractivity contribution in [3.05, 3.63) is 78.1 Å². The van der Waals surface area contributed by atoms with Gasteiger partial charge in [0.2, 0.25) is 0 Å². The number of furan rings is 1. The van der Waals surface area contributed by atoms with Gasteiger partial charge in [0.1, 0.15) is 0 Å². The Labute approximate surface area is 167 Å². The van der Waals surface area contributed by atoms with Crippen LogP contribution in [0.3, 0.4) is 0 Å². The van der Waals surface area contributed by atoms with Crippen LogP contribution < -0.4 is 0 Å². The van der Waals surface area contributed by atoms with Crippen LogP contribution in [0.4, 0.5) is 0 Å². The first-order valence-electron chi connectivity index (χ1n) is 8.98. The Morgan fingerprint density at radius 2 is 1.86 bits per heavy atom. The maximum atomic E-state index is 9.29. The van der Waals surface area contributed by atoms with Gasteiger partial charge < -0.3 is 4.42 Å². The fourth-order valence-corrected chi connectivity index (χ4v) is 3.99. The molecule has 2 aromatic heterocycles. The van der Waals surface area contributed by atoms with Gasteiger partial charge in [0.15, 0.2) is 16.7 Å². The molecule has 0 N–H and O–H groups in total. The smallest absolute Gasteiger partial charge is 0.200 e. The molecule has 0 saturated heterocycles. The van der Waals surface area contributed by atoms with Crippen LogP contribution in [0.5, 0.6) is 0 Å². The minimum Gasteiger partial charge on any atom is -0.461 e. The Kier molecular flexibility index (Phi) is 5.27. The molecule has 28 heavy (non-hydrogen) atoms. The van der Waals surface area contributed by atoms with Crippen LogP contribution in [0.15, 0.2) is 76.5 Å². The van der Waals surface area contributed by atoms with E-state index < -0.39 is 0 Å². The lowest BCUT2D eigenvalue weighted by molar-refractivity contribution is 0.567. The first-order chi connectivity index (χ1) is 13.8. The molecule has 138 valence electrons. The third kappa shape index (κ3) is 3.57. The number of nitrogens with zero attached hydrogens (tertiary/aromatic N) is 4. The number of nitriles is 1. The second-order valence-electron chi connectivity index (χ2n) is 6.17. The summed E-state index contributed by atoms with van der Waals surface area (Å²) in [5, 5.41) is 18.8. The Morgan fingerprint density at radius 1 is 1.04 bits per heavy atom. The van der Waals surface area contributed by atoms with Gasteiger partial charge in [-0.2, -0.15) is 5.26 Å². The van der Waals surface area contributed by atoms with Crippen molar-refractivity contribution in [2.75, 3.05) is 0 Å². The lowest BCUT2D eigenvalue weighted by atomic mass is 10.00. The van der Waals surface area contributed by atoms with E-state index in [-0.39, 0.29) is 0 Å². The van der Waals surface area contributed by atoms with E-state index in [0.29, 0.717) is 5.56 Å². The Morgan fingerprint density at radius 3 is 2.57 bits per heavy atom. The average molecular weight is 386 g/mol. The van der Waals surface area contributed by atoms with E-state index in [1.54, 1.807) is 18.0 Å². The van der Waals surface area contributed by atoms with Gasteiger partial charge in [0.05, 0.1) is 17.9 Å². The molecule has 4 rings (SSSR count). The number of thioether (sulfide) groups is 1. The lowest BCUT2D eigenvalue weighted by Crippen LogP contribution is -1.99. The Balaban J connectivity index is 1.50. The van der Waals surface area contributed by atoms with Crippen LogP contribution in [-0.4, -0.2) is 14.8 Å². The summed E-state index contributed by atoms with van der Waals surface area (Å²) in [7, 11) is 0. The number of hydrogen-bond donors (Lipinski definition) is 0. The van der Waals surface area contributed by atoms with E-state index in [9.17, 15) is 5.26 Å². The van der Waals surface area contributed by atoms with Crippen molar-refractivity contribution in [1.82, 2.24) is 14.8 Å². The first kappa shape index (κ1) is 18.1. The molecule has 0 bridgehead atoms. The molecule has 0 atom stereocenters. The molecule has 0 spiro atoms. The van der Waals surface area contributed by atoms with Crippen LogP contribution in [0.1, 0.15) is 18.1 Å². The zero-order chi connectivity index (χ0) is 19.3. The molecule has 2 aromatic carbocycles. The van der Waals surface area contributed by atoms with Crippen LogP contribution in [-0.2, 0) is 12.3 Å². The van der Waals surface area contributed by atoms with Gasteiger partial charge in [-0.15, -0.1) is 10.2 Å². The molecule has 0 aliphatic carbocycles. The predicted molar refractivity (Wildman–Crippen MR) is 110 cm³/mol. The molecule has 4 aromatic rings. The van der Waals surface area contributed by atoms with Gasteiger partial charge in [0, 0.05) is 12.3 Å². The standard InChI is InChI=1S/C22H18N4OS/c1-2-26-21(20-8-5-13-27-20)24-25-22(26)28-15-16-9-11-17(12-10-16)19-7-4-3-6-18(19)14-23/h3-13H,2,15H2,1H3. The van der Waals surface area contributed by atoms with Gasteiger partial charge in [-0.1, -0.05) is 54.2 Å². The molecular formula is C22H18N4OS. The van der Waals surface area contributed by atoms with Crippen molar-refractivity contribution in [2.24, 2.45) is 0 Å². The third-order valence-corrected chi connectivity index (χ3v) is 5.49. The topological polar surface area (TPSA) is 67.6 Å². The van der Waals surface area contributed by atoms with Gasteiger partial charge in [-0.25, -0.2) is 0 Å². The fourth-order valence-electron chi connectivity index (χ4n) is 3.03. The molecule has 0 radical (unpaired) electrons. The van der Waals surface area contributed by atoms with E-state index in [4.69, 9.17) is 4.42 Å². The summed E-state index contributed by atoms with van der Waals surface area (Å²) < 4.78 is 7.51. The summed E-state index contributed by atoms with van der Waals surface area (Å²) in [6.45, 7) is 2.84. The van der Waals surface area contributed by atoms with Crippen molar-refractivity contribution in [3.8, 4) is 28.8 Å². The number of aromatic nitrogens is 3. The quantitative estimate of drug-likeness (QED) is 0.416. The minimum absolute atomic E-state index is 0.686. The summed E-state index contributed by atoms with van der Waals surface area (Å²) >= 11 is 1.65. The Bertz CT molecular complexity index is 1110. The van der Waals surface area contributed by atoms with E-state index in [1.165, 1.54) is 5.56 Å². The van der Waals surface area contributed by atoms with Gasteiger partial charge in [0.25, 0.3) is 0 Å². The third-order valence-electron chi connectivity index (χ3n) is 4.46. The maximum absolute atomic E-state index is 9.29. The molecule has 0 amide bonds. The van der Waals surface area contributed by atoms with Crippen LogP contribution >= 0.6 is 11.8 Å². The number of benzene rings is 2. The van der Waals surface area contributed by atoms with Crippen LogP contribution in [0, 0.1) is 11.3 Å². The van der Waals surface area contributed by atoms with E-state index >= 15 is 0 Å². The molecule has 0 unspecified atom stereocenters. The zero-order valence-electron chi connectivity index (χ0n) is 15.4. The first-order valence-corrected chi connectivity index (χ1v) is 9.97. The van der Waals surface area contributed by atoms with E-state index in [1.807, 2.05) is 36.4 Å². The molecule has 0 saturated carbocycles. The fraction of sp³-hybridized carbons (Fsp3) is 0.136. The van der Waals surface area contributed by atoms with Crippen LogP contribution in [0.2, 0.25) is 0 Å². The van der Waals surface area contributed by atoms with Crippen molar-refractivity contribution >= 4 is 11.8 Å². The number of hydrogen-bond acceptors (Lipinski definition) is 5. The van der Waals surface area contributed by atoms with Crippen molar-refractivity contribution in [2.45, 2.75) is 24.4 Å². The van der Waals surface area contributed by atoms with Crippen molar-refractivity contribution in [1.29, 1.82) is 5.26 Å². The summed E-state index contributed by atoms with van der Waals surface area (Å²) in [5.74, 6) is 2.26. The monoisotopic (exact) mass is 386 g/mol. The molecule has 0 fully saturated rings. The minimum atomic E-state index is 0.686. The SMILES string of the molecule is CCn1c(SCc2ccc(-c3ccccc3C#N)cc2)nnc1-c1ccco1. The summed E-state index contributed by atoms with van der Waals surface area (Å²) in [4.78, 5) is 0. The van der Waals surface area contributed by atoms with E-state index in [0.717, 1.165) is 40.2 Å². The van der Waals surface area contributed by atoms with Gasteiger partial charge in [-0.3, -0.25) is 4.57 Å². The van der Waals surface area contributed by atoms with Crippen LogP contribution in [0.25, 0.3) is 22.7 Å². The summed E-state index contributed by atoms with van der Waals surface area (Å²) in [5.41, 5.74) is 3.88. The van der Waals surface area contributed by atoms with E-state index in [2.05, 4.69) is 52.0 Å². The zero-order valence-corrected chi connectivity index (χ0v) is 16.2. The highest BCUT2D eigenvalue weighted by Crippen LogP contribution is 2.28. The second kappa shape index (κ2) is 8.15. The maximum Gasteiger partial charge on any atom is 0.200 e. The summed E-state index contributed by atoms with van der Waals surface area (Å²) in [6.07, 6.45) is 1.64. The molecule has 5 nitrogen and oxygen atoms in total. The highest BCUT2D eigenvalue weighted by Gasteiger charge is 2.15. The second-order valence-corrected chi connectivity index (χ2v) is 7.11. The van der Waals surface area contributed by atoms with Gasteiger partial charge in [-0.05, 0) is 41.8 Å². The lowest BCUT2D eigenvalue weighted by Gasteiger charge is -2.07. The number of rotatable bonds is 6. The largest absolute Gasteiger partial charge is 0.461 e. The molecule has 6 heteroatoms. The normalized spacial score (nSPS) is 10.7. The molecule has 2 heterocycles. The summed E-state index contributed by atoms with van der Waals surface area (Å²) in [6, 6.07) is 22.0. The molecular weight excluding hydrogens is 368 g/mol. The predicted octanol–water partition coefficient (Wildman–Crippen LogP) is 5.39. The Hall–Kier alpha value is -3.30. The van der Waals surface area contributed by atoms with Gasteiger partial charge >= 0.3 is 0 Å².